The summed E-state index contributed by atoms with van der Waals surface area (Å²) in [5.74, 6) is -0.780. The summed E-state index contributed by atoms with van der Waals surface area (Å²) in [6.45, 7) is 0. The van der Waals surface area contributed by atoms with Crippen molar-refractivity contribution in [2.45, 2.75) is 12.8 Å². The van der Waals surface area contributed by atoms with Gasteiger partial charge in [0.1, 0.15) is 6.33 Å². The van der Waals surface area contributed by atoms with Crippen molar-refractivity contribution < 1.29 is 9.59 Å². The largest absolute Gasteiger partial charge is 0.274 e. The Balaban J connectivity index is 1.82. The van der Waals surface area contributed by atoms with Gasteiger partial charge in [0.15, 0.2) is 0 Å². The van der Waals surface area contributed by atoms with Gasteiger partial charge in [-0.1, -0.05) is 17.7 Å². The molecule has 0 saturated carbocycles. The fourth-order valence-corrected chi connectivity index (χ4v) is 2.65. The maximum Gasteiger partial charge on any atom is 0.237 e. The van der Waals surface area contributed by atoms with E-state index < -0.39 is 0 Å². The first-order chi connectivity index (χ1) is 10.1. The van der Waals surface area contributed by atoms with Gasteiger partial charge in [0.25, 0.3) is 0 Å². The molecule has 0 aliphatic carbocycles. The standard InChI is InChI=1S/C15H12ClN3O2/c16-12-2-1-3-13(6-12)19-14(20)5-11(15(19)21)4-10-7-17-9-18-8-10/h1-3,6-9,11H,4-5H2. The highest BCUT2D eigenvalue weighted by Crippen LogP contribution is 2.29. The molecule has 21 heavy (non-hydrogen) atoms. The van der Waals surface area contributed by atoms with Crippen molar-refractivity contribution in [3.8, 4) is 0 Å². The van der Waals surface area contributed by atoms with Gasteiger partial charge < -0.3 is 0 Å². The van der Waals surface area contributed by atoms with Crippen molar-refractivity contribution in [3.05, 3.63) is 53.6 Å². The molecule has 1 aromatic carbocycles. The van der Waals surface area contributed by atoms with E-state index in [1.54, 1.807) is 36.7 Å². The van der Waals surface area contributed by atoms with Crippen LogP contribution in [0.2, 0.25) is 5.02 Å². The number of hydrogen-bond donors (Lipinski definition) is 0. The number of benzene rings is 1. The van der Waals surface area contributed by atoms with Crippen LogP contribution in [0.1, 0.15) is 12.0 Å². The first-order valence-corrected chi connectivity index (χ1v) is 6.89. The van der Waals surface area contributed by atoms with Crippen molar-refractivity contribution in [2.24, 2.45) is 5.92 Å². The van der Waals surface area contributed by atoms with E-state index in [1.165, 1.54) is 11.2 Å². The molecule has 1 saturated heterocycles. The Hall–Kier alpha value is -2.27. The van der Waals surface area contributed by atoms with Crippen molar-refractivity contribution in [1.82, 2.24) is 9.97 Å². The molecule has 1 unspecified atom stereocenters. The van der Waals surface area contributed by atoms with Gasteiger partial charge in [-0.25, -0.2) is 9.97 Å². The van der Waals surface area contributed by atoms with E-state index >= 15 is 0 Å². The average Bonchev–Trinajstić information content (AvgIpc) is 2.74. The number of imide groups is 1. The highest BCUT2D eigenvalue weighted by molar-refractivity contribution is 6.31. The van der Waals surface area contributed by atoms with E-state index in [9.17, 15) is 9.59 Å². The Labute approximate surface area is 126 Å². The third kappa shape index (κ3) is 2.78. The molecule has 1 fully saturated rings. The maximum atomic E-state index is 12.5. The van der Waals surface area contributed by atoms with Gasteiger partial charge in [-0.15, -0.1) is 0 Å². The predicted molar refractivity (Wildman–Crippen MR) is 77.8 cm³/mol. The van der Waals surface area contributed by atoms with Gasteiger partial charge in [-0.3, -0.25) is 14.5 Å². The molecular formula is C15H12ClN3O2. The SMILES string of the molecule is O=C1CC(Cc2cncnc2)C(=O)N1c1cccc(Cl)c1. The summed E-state index contributed by atoms with van der Waals surface area (Å²) in [6, 6.07) is 6.74. The van der Waals surface area contributed by atoms with Crippen LogP contribution in [0, 0.1) is 5.92 Å². The summed E-state index contributed by atoms with van der Waals surface area (Å²) in [4.78, 5) is 33.6. The second-order valence-corrected chi connectivity index (χ2v) is 5.34. The van der Waals surface area contributed by atoms with Crippen molar-refractivity contribution in [1.29, 1.82) is 0 Å². The number of carbonyl (C=O) groups excluding carboxylic acids is 2. The molecule has 0 N–H and O–H groups in total. The molecule has 0 bridgehead atoms. The number of carbonyl (C=O) groups is 2. The molecule has 1 aliphatic heterocycles. The van der Waals surface area contributed by atoms with Crippen LogP contribution in [0.15, 0.2) is 43.0 Å². The quantitative estimate of drug-likeness (QED) is 0.816. The summed E-state index contributed by atoms with van der Waals surface area (Å²) in [7, 11) is 0. The monoisotopic (exact) mass is 301 g/mol. The van der Waals surface area contributed by atoms with Crippen LogP contribution < -0.4 is 4.90 Å². The number of halogens is 1. The number of nitrogens with zero attached hydrogens (tertiary/aromatic N) is 3. The van der Waals surface area contributed by atoms with E-state index in [0.717, 1.165) is 5.56 Å². The van der Waals surface area contributed by atoms with Gasteiger partial charge >= 0.3 is 0 Å². The molecule has 0 radical (unpaired) electrons. The molecule has 3 rings (SSSR count). The lowest BCUT2D eigenvalue weighted by Crippen LogP contribution is -2.30. The van der Waals surface area contributed by atoms with Crippen LogP contribution >= 0.6 is 11.6 Å². The Morgan fingerprint density at radius 1 is 1.24 bits per heavy atom. The topological polar surface area (TPSA) is 63.2 Å². The van der Waals surface area contributed by atoms with Crippen molar-refractivity contribution >= 4 is 29.1 Å². The molecule has 106 valence electrons. The van der Waals surface area contributed by atoms with Crippen LogP contribution in [0.4, 0.5) is 5.69 Å². The van der Waals surface area contributed by atoms with E-state index in [1.807, 2.05) is 0 Å². The van der Waals surface area contributed by atoms with Gasteiger partial charge in [0.2, 0.25) is 11.8 Å². The summed E-state index contributed by atoms with van der Waals surface area (Å²) < 4.78 is 0. The van der Waals surface area contributed by atoms with E-state index in [0.29, 0.717) is 17.1 Å². The van der Waals surface area contributed by atoms with Crippen molar-refractivity contribution in [2.75, 3.05) is 4.90 Å². The molecule has 2 aromatic rings. The van der Waals surface area contributed by atoms with Crippen LogP contribution in [-0.2, 0) is 16.0 Å². The molecular weight excluding hydrogens is 290 g/mol. The Kier molecular flexibility index (Phi) is 3.66. The first-order valence-electron chi connectivity index (χ1n) is 6.51. The lowest BCUT2D eigenvalue weighted by Gasteiger charge is -2.15. The second kappa shape index (κ2) is 5.61. The van der Waals surface area contributed by atoms with Crippen LogP contribution in [0.5, 0.6) is 0 Å². The van der Waals surface area contributed by atoms with Gasteiger partial charge in [0.05, 0.1) is 11.6 Å². The lowest BCUT2D eigenvalue weighted by molar-refractivity contribution is -0.122. The summed E-state index contributed by atoms with van der Waals surface area (Å²) in [5.41, 5.74) is 1.36. The zero-order chi connectivity index (χ0) is 14.8. The van der Waals surface area contributed by atoms with E-state index in [-0.39, 0.29) is 24.2 Å². The second-order valence-electron chi connectivity index (χ2n) is 4.90. The van der Waals surface area contributed by atoms with Crippen LogP contribution in [-0.4, -0.2) is 21.8 Å². The van der Waals surface area contributed by atoms with Gasteiger partial charge in [-0.05, 0) is 30.2 Å². The Morgan fingerprint density at radius 2 is 2.00 bits per heavy atom. The Morgan fingerprint density at radius 3 is 2.71 bits per heavy atom. The average molecular weight is 302 g/mol. The normalized spacial score (nSPS) is 18.3. The number of amides is 2. The maximum absolute atomic E-state index is 12.5. The van der Waals surface area contributed by atoms with Crippen LogP contribution in [0.25, 0.3) is 0 Å². The highest BCUT2D eigenvalue weighted by atomic mass is 35.5. The first kappa shape index (κ1) is 13.7. The third-order valence-corrected chi connectivity index (χ3v) is 3.64. The zero-order valence-corrected chi connectivity index (χ0v) is 11.8. The molecule has 2 amide bonds. The molecule has 6 heteroatoms. The smallest absolute Gasteiger partial charge is 0.237 e. The Bertz CT molecular complexity index is 690. The minimum absolute atomic E-state index is 0.195. The highest BCUT2D eigenvalue weighted by Gasteiger charge is 2.39. The predicted octanol–water partition coefficient (Wildman–Crippen LogP) is 2.25. The van der Waals surface area contributed by atoms with E-state index in [4.69, 9.17) is 11.6 Å². The summed E-state index contributed by atoms with van der Waals surface area (Å²) >= 11 is 5.92. The van der Waals surface area contributed by atoms with Crippen LogP contribution in [0.3, 0.4) is 0 Å². The number of aromatic nitrogens is 2. The third-order valence-electron chi connectivity index (χ3n) is 3.40. The summed E-state index contributed by atoms with van der Waals surface area (Å²) in [6.07, 6.45) is 5.41. The fourth-order valence-electron chi connectivity index (χ4n) is 2.46. The number of rotatable bonds is 3. The fraction of sp³-hybridized carbons (Fsp3) is 0.200. The number of anilines is 1. The molecule has 1 aromatic heterocycles. The van der Waals surface area contributed by atoms with Gasteiger partial charge in [-0.2, -0.15) is 0 Å². The minimum atomic E-state index is -0.373. The molecule has 2 heterocycles. The molecule has 5 nitrogen and oxygen atoms in total. The molecule has 1 aliphatic rings. The van der Waals surface area contributed by atoms with Crippen molar-refractivity contribution in [3.63, 3.8) is 0 Å². The van der Waals surface area contributed by atoms with E-state index in [2.05, 4.69) is 9.97 Å². The molecule has 1 atom stereocenters. The minimum Gasteiger partial charge on any atom is -0.274 e. The lowest BCUT2D eigenvalue weighted by atomic mass is 10.00. The number of hydrogen-bond acceptors (Lipinski definition) is 4. The van der Waals surface area contributed by atoms with Gasteiger partial charge in [0, 0.05) is 23.8 Å². The zero-order valence-electron chi connectivity index (χ0n) is 11.1. The summed E-state index contributed by atoms with van der Waals surface area (Å²) in [5, 5.41) is 0.494. The molecule has 0 spiro atoms.